The summed E-state index contributed by atoms with van der Waals surface area (Å²) in [7, 11) is -3.30. The van der Waals surface area contributed by atoms with Crippen LogP contribution >= 0.6 is 0 Å². The second-order valence-corrected chi connectivity index (χ2v) is 12.3. The number of anilines is 1. The average Bonchev–Trinajstić information content (AvgIpc) is 2.68. The third kappa shape index (κ3) is 5.75. The minimum atomic E-state index is -3.30. The van der Waals surface area contributed by atoms with Crippen molar-refractivity contribution in [1.82, 2.24) is 0 Å². The summed E-state index contributed by atoms with van der Waals surface area (Å²) in [6, 6.07) is 11.5. The van der Waals surface area contributed by atoms with Crippen molar-refractivity contribution in [1.29, 1.82) is 0 Å². The van der Waals surface area contributed by atoms with Crippen LogP contribution in [0.3, 0.4) is 0 Å². The highest BCUT2D eigenvalue weighted by atomic mass is 32.2. The summed E-state index contributed by atoms with van der Waals surface area (Å²) in [4.78, 5) is 14.8. The first-order chi connectivity index (χ1) is 14.9. The minimum Gasteiger partial charge on any atom is -0.372 e. The number of ether oxygens (including phenoxy) is 1. The number of ketones is 1. The van der Waals surface area contributed by atoms with Crippen molar-refractivity contribution in [2.24, 2.45) is 0 Å². The van der Waals surface area contributed by atoms with Gasteiger partial charge in [0.2, 0.25) is 0 Å². The van der Waals surface area contributed by atoms with E-state index in [1.807, 2.05) is 19.9 Å². The molecule has 0 spiro atoms. The molecule has 0 radical (unpaired) electrons. The molecular formula is C25H32FNO4S. The molecule has 1 saturated heterocycles. The molecule has 0 aromatic heterocycles. The Hall–Kier alpha value is -2.25. The average molecular weight is 462 g/mol. The number of carbonyl (C=O) groups excluding carboxylic acids is 1. The van der Waals surface area contributed by atoms with E-state index in [0.29, 0.717) is 29.8 Å². The zero-order valence-corrected chi connectivity index (χ0v) is 20.2. The Morgan fingerprint density at radius 2 is 1.66 bits per heavy atom. The van der Waals surface area contributed by atoms with Crippen LogP contribution in [-0.2, 0) is 26.7 Å². The van der Waals surface area contributed by atoms with Gasteiger partial charge in [-0.15, -0.1) is 0 Å². The van der Waals surface area contributed by atoms with Gasteiger partial charge in [0, 0.05) is 30.8 Å². The van der Waals surface area contributed by atoms with Gasteiger partial charge in [-0.3, -0.25) is 4.79 Å². The Morgan fingerprint density at radius 3 is 2.19 bits per heavy atom. The smallest absolute Gasteiger partial charge is 0.167 e. The van der Waals surface area contributed by atoms with Crippen molar-refractivity contribution >= 4 is 21.3 Å². The largest absolute Gasteiger partial charge is 0.372 e. The number of benzene rings is 2. The van der Waals surface area contributed by atoms with Gasteiger partial charge in [0.25, 0.3) is 0 Å². The number of morpholine rings is 1. The lowest BCUT2D eigenvalue weighted by Crippen LogP contribution is -2.45. The molecule has 2 atom stereocenters. The predicted octanol–water partition coefficient (Wildman–Crippen LogP) is 4.58. The topological polar surface area (TPSA) is 63.7 Å². The molecule has 0 saturated carbocycles. The first-order valence-corrected chi connectivity index (χ1v) is 12.5. The highest BCUT2D eigenvalue weighted by molar-refractivity contribution is 7.91. The lowest BCUT2D eigenvalue weighted by Gasteiger charge is -2.37. The van der Waals surface area contributed by atoms with Crippen LogP contribution in [0.5, 0.6) is 0 Å². The number of sulfone groups is 1. The molecule has 2 aromatic carbocycles. The molecule has 0 amide bonds. The summed E-state index contributed by atoms with van der Waals surface area (Å²) in [5, 5.41) is 0. The van der Waals surface area contributed by atoms with Crippen molar-refractivity contribution in [3.05, 3.63) is 65.0 Å². The third-order valence-corrected chi connectivity index (χ3v) is 8.32. The van der Waals surface area contributed by atoms with E-state index in [0.717, 1.165) is 5.69 Å². The van der Waals surface area contributed by atoms with E-state index in [1.165, 1.54) is 6.07 Å². The van der Waals surface area contributed by atoms with Gasteiger partial charge < -0.3 is 9.64 Å². The summed E-state index contributed by atoms with van der Waals surface area (Å²) >= 11 is 0. The molecule has 0 unspecified atom stereocenters. The van der Waals surface area contributed by atoms with Gasteiger partial charge in [0.05, 0.1) is 22.7 Å². The van der Waals surface area contributed by atoms with Crippen LogP contribution in [0.15, 0.2) is 42.5 Å². The summed E-state index contributed by atoms with van der Waals surface area (Å²) in [6.45, 7) is 10.4. The Labute approximate surface area is 190 Å². The molecule has 1 fully saturated rings. The van der Waals surface area contributed by atoms with Gasteiger partial charge in [-0.2, -0.15) is 0 Å². The van der Waals surface area contributed by atoms with E-state index in [-0.39, 0.29) is 30.2 Å². The molecule has 1 aliphatic rings. The van der Waals surface area contributed by atoms with Gasteiger partial charge in [0.15, 0.2) is 15.6 Å². The zero-order valence-electron chi connectivity index (χ0n) is 19.4. The standard InChI is InChI=1S/C25H32FNO4S/c1-17-14-27(15-18(2)31-17)22-11-10-21(23(26)13-22)12-24(28)20-8-6-19(7-9-20)16-32(29,30)25(3,4)5/h6-11,13,17-18H,12,14-16H2,1-5H3/t17-,18+. The molecule has 0 bridgehead atoms. The molecule has 0 aliphatic carbocycles. The van der Waals surface area contributed by atoms with Crippen LogP contribution < -0.4 is 4.90 Å². The van der Waals surface area contributed by atoms with Crippen molar-refractivity contribution in [2.45, 2.75) is 63.7 Å². The number of halogens is 1. The Kier molecular flexibility index (Phi) is 7.10. The second-order valence-electron chi connectivity index (χ2n) is 9.61. The SMILES string of the molecule is C[C@@H]1CN(c2ccc(CC(=O)c3ccc(CS(=O)(=O)C(C)(C)C)cc3)c(F)c2)C[C@H](C)O1. The number of hydrogen-bond acceptors (Lipinski definition) is 5. The Balaban J connectivity index is 1.68. The summed E-state index contributed by atoms with van der Waals surface area (Å²) < 4.78 is 44.4. The van der Waals surface area contributed by atoms with Crippen LogP contribution in [0.1, 0.15) is 56.1 Å². The van der Waals surface area contributed by atoms with Gasteiger partial charge in [-0.05, 0) is 57.9 Å². The van der Waals surface area contributed by atoms with Crippen molar-refractivity contribution < 1.29 is 22.3 Å². The molecule has 7 heteroatoms. The number of hydrogen-bond donors (Lipinski definition) is 0. The fraction of sp³-hybridized carbons (Fsp3) is 0.480. The lowest BCUT2D eigenvalue weighted by molar-refractivity contribution is -0.00523. The minimum absolute atomic E-state index is 0.0539. The normalized spacial score (nSPS) is 19.8. The zero-order chi connectivity index (χ0) is 23.7. The molecule has 3 rings (SSSR count). The van der Waals surface area contributed by atoms with Crippen LogP contribution in [0, 0.1) is 5.82 Å². The third-order valence-electron chi connectivity index (χ3n) is 5.74. The molecule has 174 valence electrons. The monoisotopic (exact) mass is 461 g/mol. The molecular weight excluding hydrogens is 429 g/mol. The maximum Gasteiger partial charge on any atom is 0.167 e. The van der Waals surface area contributed by atoms with Crippen LogP contribution in [0.4, 0.5) is 10.1 Å². The maximum atomic E-state index is 14.8. The van der Waals surface area contributed by atoms with Crippen LogP contribution in [0.2, 0.25) is 0 Å². The van der Waals surface area contributed by atoms with Crippen LogP contribution in [-0.4, -0.2) is 44.2 Å². The quantitative estimate of drug-likeness (QED) is 0.590. The lowest BCUT2D eigenvalue weighted by atomic mass is 10.0. The molecule has 1 aliphatic heterocycles. The molecule has 32 heavy (non-hydrogen) atoms. The second kappa shape index (κ2) is 9.32. The van der Waals surface area contributed by atoms with E-state index in [9.17, 15) is 17.6 Å². The van der Waals surface area contributed by atoms with E-state index >= 15 is 0 Å². The number of rotatable bonds is 6. The van der Waals surface area contributed by atoms with Gasteiger partial charge in [-0.25, -0.2) is 12.8 Å². The first kappa shape index (κ1) is 24.4. The highest BCUT2D eigenvalue weighted by Gasteiger charge is 2.29. The van der Waals surface area contributed by atoms with Gasteiger partial charge in [0.1, 0.15) is 5.82 Å². The molecule has 2 aromatic rings. The number of Topliss-reactive ketones (excluding diaryl/α,β-unsaturated/α-hetero) is 1. The van der Waals surface area contributed by atoms with Crippen molar-refractivity contribution in [3.8, 4) is 0 Å². The summed E-state index contributed by atoms with van der Waals surface area (Å²) in [5.74, 6) is -0.703. The molecule has 1 heterocycles. The number of carbonyl (C=O) groups is 1. The maximum absolute atomic E-state index is 14.8. The fourth-order valence-electron chi connectivity index (χ4n) is 3.76. The number of nitrogens with zero attached hydrogens (tertiary/aromatic N) is 1. The molecule has 0 N–H and O–H groups in total. The van der Waals surface area contributed by atoms with Crippen molar-refractivity contribution in [3.63, 3.8) is 0 Å². The fourth-order valence-corrected chi connectivity index (χ4v) is 4.83. The van der Waals surface area contributed by atoms with E-state index in [2.05, 4.69) is 4.90 Å². The van der Waals surface area contributed by atoms with E-state index < -0.39 is 20.4 Å². The Morgan fingerprint density at radius 1 is 1.06 bits per heavy atom. The van der Waals surface area contributed by atoms with E-state index in [1.54, 1.807) is 51.1 Å². The Bertz CT molecular complexity index is 1060. The molecule has 5 nitrogen and oxygen atoms in total. The highest BCUT2D eigenvalue weighted by Crippen LogP contribution is 2.24. The van der Waals surface area contributed by atoms with Gasteiger partial charge >= 0.3 is 0 Å². The first-order valence-electron chi connectivity index (χ1n) is 10.9. The summed E-state index contributed by atoms with van der Waals surface area (Å²) in [5.41, 5.74) is 2.18. The van der Waals surface area contributed by atoms with Crippen molar-refractivity contribution in [2.75, 3.05) is 18.0 Å². The van der Waals surface area contributed by atoms with Gasteiger partial charge in [-0.1, -0.05) is 30.3 Å². The van der Waals surface area contributed by atoms with E-state index in [4.69, 9.17) is 4.74 Å². The predicted molar refractivity (Wildman–Crippen MR) is 125 cm³/mol. The van der Waals surface area contributed by atoms with Crippen LogP contribution in [0.25, 0.3) is 0 Å². The summed E-state index contributed by atoms with van der Waals surface area (Å²) in [6.07, 6.45) is 0.0932.